The van der Waals surface area contributed by atoms with E-state index in [1.165, 1.54) is 43.4 Å². The van der Waals surface area contributed by atoms with Crippen molar-refractivity contribution in [2.75, 3.05) is 0 Å². The third-order valence-electron chi connectivity index (χ3n) is 5.39. The van der Waals surface area contributed by atoms with Crippen molar-refractivity contribution in [3.63, 3.8) is 0 Å². The predicted molar refractivity (Wildman–Crippen MR) is 80.7 cm³/mol. The minimum absolute atomic E-state index is 0.354. The van der Waals surface area contributed by atoms with Gasteiger partial charge in [0.25, 0.3) is 0 Å². The van der Waals surface area contributed by atoms with E-state index in [0.29, 0.717) is 11.5 Å². The normalized spacial score (nSPS) is 28.7. The van der Waals surface area contributed by atoms with Crippen LogP contribution in [-0.4, -0.2) is 6.04 Å². The minimum atomic E-state index is 0.354. The van der Waals surface area contributed by atoms with Gasteiger partial charge in [-0.1, -0.05) is 13.8 Å². The second-order valence-corrected chi connectivity index (χ2v) is 8.20. The van der Waals surface area contributed by atoms with Crippen molar-refractivity contribution in [2.24, 2.45) is 17.3 Å². The number of nitrogens with one attached hydrogen (secondary N) is 1. The molecule has 1 atom stereocenters. The Balaban J connectivity index is 1.59. The zero-order chi connectivity index (χ0) is 13.9. The lowest BCUT2D eigenvalue weighted by molar-refractivity contribution is 0.214. The highest BCUT2D eigenvalue weighted by atomic mass is 16.3. The number of aryl methyl sites for hydroxylation is 1. The summed E-state index contributed by atoms with van der Waals surface area (Å²) in [5.41, 5.74) is 1.81. The van der Waals surface area contributed by atoms with Gasteiger partial charge in [0.2, 0.25) is 0 Å². The molecule has 2 nitrogen and oxygen atoms in total. The first-order chi connectivity index (χ1) is 9.52. The van der Waals surface area contributed by atoms with E-state index in [0.717, 1.165) is 30.1 Å². The van der Waals surface area contributed by atoms with Gasteiger partial charge in [0.15, 0.2) is 0 Å². The van der Waals surface area contributed by atoms with Gasteiger partial charge < -0.3 is 9.73 Å². The van der Waals surface area contributed by atoms with E-state index in [-0.39, 0.29) is 0 Å². The van der Waals surface area contributed by atoms with Crippen molar-refractivity contribution >= 4 is 0 Å². The average molecular weight is 273 g/mol. The van der Waals surface area contributed by atoms with Crippen LogP contribution in [0.5, 0.6) is 0 Å². The Hall–Kier alpha value is -0.760. The summed E-state index contributed by atoms with van der Waals surface area (Å²) >= 11 is 0. The highest BCUT2D eigenvalue weighted by molar-refractivity contribution is 5.29. The van der Waals surface area contributed by atoms with Crippen LogP contribution < -0.4 is 5.32 Å². The van der Waals surface area contributed by atoms with Crippen LogP contribution in [0.15, 0.2) is 10.5 Å². The van der Waals surface area contributed by atoms with E-state index in [1.807, 2.05) is 0 Å². The summed E-state index contributed by atoms with van der Waals surface area (Å²) < 4.78 is 5.97. The molecular weight excluding hydrogens is 246 g/mol. The first kappa shape index (κ1) is 12.9. The molecule has 110 valence electrons. The Kier molecular flexibility index (Phi) is 2.82. The topological polar surface area (TPSA) is 25.2 Å². The molecule has 0 amide bonds. The van der Waals surface area contributed by atoms with E-state index < -0.39 is 0 Å². The van der Waals surface area contributed by atoms with Crippen LogP contribution in [-0.2, 0) is 6.42 Å². The van der Waals surface area contributed by atoms with Crippen LogP contribution in [0.3, 0.4) is 0 Å². The van der Waals surface area contributed by atoms with Gasteiger partial charge in [-0.3, -0.25) is 0 Å². The molecule has 0 bridgehead atoms. The zero-order valence-corrected chi connectivity index (χ0v) is 13.0. The molecule has 3 aliphatic rings. The van der Waals surface area contributed by atoms with Crippen LogP contribution in [0, 0.1) is 24.2 Å². The number of hydrogen-bond donors (Lipinski definition) is 1. The zero-order valence-electron chi connectivity index (χ0n) is 13.0. The first-order valence-corrected chi connectivity index (χ1v) is 8.37. The molecule has 1 unspecified atom stereocenters. The molecule has 0 saturated heterocycles. The van der Waals surface area contributed by atoms with Crippen molar-refractivity contribution in [1.82, 2.24) is 5.32 Å². The van der Waals surface area contributed by atoms with Crippen LogP contribution >= 0.6 is 0 Å². The molecule has 2 heteroatoms. The van der Waals surface area contributed by atoms with Gasteiger partial charge in [0.1, 0.15) is 11.5 Å². The van der Waals surface area contributed by atoms with Crippen molar-refractivity contribution < 1.29 is 4.42 Å². The predicted octanol–water partition coefficient (Wildman–Crippen LogP) is 4.38. The Bertz CT molecular complexity index is 495. The average Bonchev–Trinajstić information content (AvgIpc) is 3.22. The van der Waals surface area contributed by atoms with Crippen molar-refractivity contribution in [3.05, 3.63) is 23.2 Å². The molecule has 4 rings (SSSR count). The van der Waals surface area contributed by atoms with Gasteiger partial charge in [0, 0.05) is 24.1 Å². The van der Waals surface area contributed by atoms with Crippen LogP contribution in [0.4, 0.5) is 0 Å². The number of fused-ring (bicyclic) bond motifs is 1. The number of rotatable bonds is 4. The maximum atomic E-state index is 5.97. The molecule has 0 aliphatic heterocycles. The Morgan fingerprint density at radius 1 is 1.20 bits per heavy atom. The molecule has 1 aromatic rings. The third-order valence-corrected chi connectivity index (χ3v) is 5.39. The first-order valence-electron chi connectivity index (χ1n) is 8.37. The summed E-state index contributed by atoms with van der Waals surface area (Å²) in [4.78, 5) is 0. The minimum Gasteiger partial charge on any atom is -0.466 e. The summed E-state index contributed by atoms with van der Waals surface area (Å²) in [7, 11) is 0. The van der Waals surface area contributed by atoms with E-state index in [2.05, 4.69) is 32.2 Å². The largest absolute Gasteiger partial charge is 0.466 e. The summed E-state index contributed by atoms with van der Waals surface area (Å²) in [6.07, 6.45) is 8.12. The van der Waals surface area contributed by atoms with Gasteiger partial charge >= 0.3 is 0 Å². The fourth-order valence-electron chi connectivity index (χ4n) is 4.13. The lowest BCUT2D eigenvalue weighted by Gasteiger charge is -2.37. The van der Waals surface area contributed by atoms with Crippen LogP contribution in [0.25, 0.3) is 0 Å². The monoisotopic (exact) mass is 273 g/mol. The van der Waals surface area contributed by atoms with Crippen molar-refractivity contribution in [1.29, 1.82) is 0 Å². The molecule has 3 aliphatic carbocycles. The van der Waals surface area contributed by atoms with Gasteiger partial charge in [-0.2, -0.15) is 0 Å². The Labute approximate surface area is 122 Å². The fraction of sp³-hybridized carbons (Fsp3) is 0.778. The van der Waals surface area contributed by atoms with E-state index in [4.69, 9.17) is 4.42 Å². The van der Waals surface area contributed by atoms with Crippen LogP contribution in [0.1, 0.15) is 69.1 Å². The maximum absolute atomic E-state index is 5.97. The number of hydrogen-bond acceptors (Lipinski definition) is 2. The molecular formula is C18H27NO. The van der Waals surface area contributed by atoms with Gasteiger partial charge in [-0.15, -0.1) is 0 Å². The fourth-order valence-corrected chi connectivity index (χ4v) is 4.13. The molecule has 1 heterocycles. The van der Waals surface area contributed by atoms with Gasteiger partial charge in [0.05, 0.1) is 0 Å². The molecule has 1 N–H and O–H groups in total. The molecule has 2 saturated carbocycles. The summed E-state index contributed by atoms with van der Waals surface area (Å²) in [5, 5.41) is 4.04. The maximum Gasteiger partial charge on any atom is 0.109 e. The standard InChI is InChI=1S/C18H27NO/c1-11-8-14-15(9-18(2,3)10-16(14)20-11)19-17(12-4-5-12)13-6-7-13/h8,12-13,15,17,19H,4-7,9-10H2,1-3H3. The molecule has 0 radical (unpaired) electrons. The lowest BCUT2D eigenvalue weighted by Crippen LogP contribution is -2.40. The molecule has 20 heavy (non-hydrogen) atoms. The highest BCUT2D eigenvalue weighted by Gasteiger charge is 2.44. The van der Waals surface area contributed by atoms with E-state index in [9.17, 15) is 0 Å². The molecule has 0 spiro atoms. The van der Waals surface area contributed by atoms with E-state index >= 15 is 0 Å². The summed E-state index contributed by atoms with van der Waals surface area (Å²) in [5.74, 6) is 4.24. The number of furan rings is 1. The Morgan fingerprint density at radius 3 is 2.45 bits per heavy atom. The summed E-state index contributed by atoms with van der Waals surface area (Å²) in [6.45, 7) is 6.85. The second kappa shape index (κ2) is 4.37. The van der Waals surface area contributed by atoms with Gasteiger partial charge in [-0.25, -0.2) is 0 Å². The third kappa shape index (κ3) is 2.43. The van der Waals surface area contributed by atoms with E-state index in [1.54, 1.807) is 0 Å². The molecule has 2 fully saturated rings. The van der Waals surface area contributed by atoms with Crippen molar-refractivity contribution in [2.45, 2.75) is 71.4 Å². The van der Waals surface area contributed by atoms with Crippen molar-refractivity contribution in [3.8, 4) is 0 Å². The lowest BCUT2D eigenvalue weighted by atomic mass is 9.74. The summed E-state index contributed by atoms with van der Waals surface area (Å²) in [6, 6.07) is 3.56. The smallest absolute Gasteiger partial charge is 0.109 e. The van der Waals surface area contributed by atoms with Gasteiger partial charge in [-0.05, 0) is 62.3 Å². The van der Waals surface area contributed by atoms with Crippen LogP contribution in [0.2, 0.25) is 0 Å². The Morgan fingerprint density at radius 2 is 1.85 bits per heavy atom. The molecule has 0 aromatic carbocycles. The second-order valence-electron chi connectivity index (χ2n) is 8.20. The molecule has 1 aromatic heterocycles. The quantitative estimate of drug-likeness (QED) is 0.880. The SMILES string of the molecule is Cc1cc2c(o1)CC(C)(C)CC2NC(C1CC1)C1CC1. The highest BCUT2D eigenvalue weighted by Crippen LogP contribution is 2.48.